The molecule has 2 aromatic carbocycles. The number of methoxy groups -OCH3 is 1. The second-order valence-corrected chi connectivity index (χ2v) is 8.68. The predicted molar refractivity (Wildman–Crippen MR) is 119 cm³/mol. The number of ether oxygens (including phenoxy) is 4. The minimum absolute atomic E-state index is 0.0178. The van der Waals surface area contributed by atoms with Gasteiger partial charge in [0.1, 0.15) is 17.9 Å². The van der Waals surface area contributed by atoms with Crippen molar-refractivity contribution in [3.05, 3.63) is 42.0 Å². The summed E-state index contributed by atoms with van der Waals surface area (Å²) in [7, 11) is 1.63. The molecule has 0 saturated carbocycles. The molecule has 0 N–H and O–H groups in total. The number of hydrogen-bond donors (Lipinski definition) is 0. The van der Waals surface area contributed by atoms with Crippen molar-refractivity contribution < 1.29 is 23.7 Å². The van der Waals surface area contributed by atoms with Gasteiger partial charge in [-0.05, 0) is 43.5 Å². The highest BCUT2D eigenvalue weighted by molar-refractivity contribution is 7.22. The van der Waals surface area contributed by atoms with Gasteiger partial charge in [0.15, 0.2) is 16.6 Å². The Hall–Kier alpha value is -2.84. The van der Waals surface area contributed by atoms with E-state index in [0.717, 1.165) is 35.2 Å². The largest absolute Gasteiger partial charge is 0.494 e. The first-order valence-corrected chi connectivity index (χ1v) is 11.2. The van der Waals surface area contributed by atoms with Gasteiger partial charge in [0.2, 0.25) is 6.10 Å². The van der Waals surface area contributed by atoms with Crippen molar-refractivity contribution in [1.82, 2.24) is 4.98 Å². The van der Waals surface area contributed by atoms with E-state index >= 15 is 0 Å². The summed E-state index contributed by atoms with van der Waals surface area (Å²) in [4.78, 5) is 20.1. The van der Waals surface area contributed by atoms with Crippen LogP contribution in [0.15, 0.2) is 36.4 Å². The second kappa shape index (κ2) is 8.36. The molecular formula is C23H24N2O5S. The summed E-state index contributed by atoms with van der Waals surface area (Å²) in [6.07, 6.45) is 1.15. The summed E-state index contributed by atoms with van der Waals surface area (Å²) in [6, 6.07) is 11.3. The average molecular weight is 441 g/mol. The molecule has 162 valence electrons. The van der Waals surface area contributed by atoms with E-state index in [2.05, 4.69) is 0 Å². The molecule has 0 spiro atoms. The minimum Gasteiger partial charge on any atom is -0.494 e. The number of aryl methyl sites for hydroxylation is 1. The van der Waals surface area contributed by atoms with Gasteiger partial charge in [-0.2, -0.15) is 0 Å². The summed E-state index contributed by atoms with van der Waals surface area (Å²) in [5, 5.41) is 0.616. The van der Waals surface area contributed by atoms with E-state index in [0.29, 0.717) is 28.9 Å². The highest BCUT2D eigenvalue weighted by Crippen LogP contribution is 2.38. The Morgan fingerprint density at radius 1 is 1.26 bits per heavy atom. The molecule has 3 heterocycles. The van der Waals surface area contributed by atoms with Crippen molar-refractivity contribution in [2.75, 3.05) is 31.8 Å². The number of aromatic nitrogens is 1. The fraction of sp³-hybridized carbons (Fsp3) is 0.391. The van der Waals surface area contributed by atoms with Crippen molar-refractivity contribution in [1.29, 1.82) is 0 Å². The molecule has 31 heavy (non-hydrogen) atoms. The van der Waals surface area contributed by atoms with Crippen molar-refractivity contribution in [2.45, 2.75) is 32.0 Å². The summed E-state index contributed by atoms with van der Waals surface area (Å²) >= 11 is 1.48. The fourth-order valence-corrected chi connectivity index (χ4v) is 5.01. The van der Waals surface area contributed by atoms with Crippen LogP contribution >= 0.6 is 11.3 Å². The van der Waals surface area contributed by atoms with Gasteiger partial charge in [0.05, 0.1) is 24.5 Å². The molecule has 1 fully saturated rings. The SMILES string of the molecule is COc1ccc(C)c2sc(N(CC3CCCO3)C(=O)C3COc4ccccc4O3)nc12. The lowest BCUT2D eigenvalue weighted by molar-refractivity contribution is -0.128. The first-order valence-electron chi connectivity index (χ1n) is 10.4. The molecular weight excluding hydrogens is 416 g/mol. The Balaban J connectivity index is 1.49. The summed E-state index contributed by atoms with van der Waals surface area (Å²) in [5.41, 5.74) is 1.86. The number of rotatable bonds is 5. The zero-order valence-corrected chi connectivity index (χ0v) is 18.3. The van der Waals surface area contributed by atoms with Crippen LogP contribution in [-0.4, -0.2) is 50.0 Å². The molecule has 1 saturated heterocycles. The van der Waals surface area contributed by atoms with Gasteiger partial charge in [-0.1, -0.05) is 29.5 Å². The maximum absolute atomic E-state index is 13.6. The quantitative estimate of drug-likeness (QED) is 0.598. The fourth-order valence-electron chi connectivity index (χ4n) is 3.95. The van der Waals surface area contributed by atoms with Gasteiger partial charge in [-0.3, -0.25) is 9.69 Å². The first-order chi connectivity index (χ1) is 15.1. The Bertz CT molecular complexity index is 1110. The number of nitrogens with zero attached hydrogens (tertiary/aromatic N) is 2. The van der Waals surface area contributed by atoms with Crippen LogP contribution in [0.25, 0.3) is 10.2 Å². The molecule has 2 aliphatic rings. The highest BCUT2D eigenvalue weighted by atomic mass is 32.1. The minimum atomic E-state index is -0.744. The smallest absolute Gasteiger partial charge is 0.273 e. The molecule has 2 unspecified atom stereocenters. The van der Waals surface area contributed by atoms with Gasteiger partial charge in [-0.15, -0.1) is 0 Å². The van der Waals surface area contributed by atoms with Crippen molar-refractivity contribution in [3.8, 4) is 17.2 Å². The molecule has 0 radical (unpaired) electrons. The Labute approximate surface area is 184 Å². The van der Waals surface area contributed by atoms with E-state index in [9.17, 15) is 4.79 Å². The van der Waals surface area contributed by atoms with Gasteiger partial charge in [0, 0.05) is 6.61 Å². The lowest BCUT2D eigenvalue weighted by Crippen LogP contribution is -2.48. The number of hydrogen-bond acceptors (Lipinski definition) is 7. The van der Waals surface area contributed by atoms with Crippen LogP contribution in [0.1, 0.15) is 18.4 Å². The zero-order chi connectivity index (χ0) is 21.4. The Kier molecular flexibility index (Phi) is 5.41. The Morgan fingerprint density at radius 2 is 2.10 bits per heavy atom. The monoisotopic (exact) mass is 440 g/mol. The molecule has 1 aromatic heterocycles. The molecule has 2 aliphatic heterocycles. The van der Waals surface area contributed by atoms with Crippen LogP contribution in [0.2, 0.25) is 0 Å². The number of benzene rings is 2. The standard InChI is InChI=1S/C23H24N2O5S/c1-14-9-10-18(27-2)20-21(14)31-23(24-20)25(12-15-6-5-11-28-15)22(26)19-13-29-16-7-3-4-8-17(16)30-19/h3-4,7-10,15,19H,5-6,11-13H2,1-2H3. The topological polar surface area (TPSA) is 70.1 Å². The van der Waals surface area contributed by atoms with Gasteiger partial charge in [-0.25, -0.2) is 4.98 Å². The Morgan fingerprint density at radius 3 is 2.87 bits per heavy atom. The van der Waals surface area contributed by atoms with Crippen molar-refractivity contribution in [2.24, 2.45) is 0 Å². The number of carbonyl (C=O) groups excluding carboxylic acids is 1. The lowest BCUT2D eigenvalue weighted by atomic mass is 10.2. The highest BCUT2D eigenvalue weighted by Gasteiger charge is 2.35. The molecule has 1 amide bonds. The lowest BCUT2D eigenvalue weighted by Gasteiger charge is -2.30. The van der Waals surface area contributed by atoms with Crippen LogP contribution < -0.4 is 19.1 Å². The van der Waals surface area contributed by atoms with E-state index in [1.165, 1.54) is 11.3 Å². The summed E-state index contributed by atoms with van der Waals surface area (Å²) < 4.78 is 24.1. The third kappa shape index (κ3) is 3.81. The molecule has 8 heteroatoms. The van der Waals surface area contributed by atoms with Gasteiger partial charge >= 0.3 is 0 Å². The molecule has 7 nitrogen and oxygen atoms in total. The van der Waals surface area contributed by atoms with Crippen LogP contribution in [0, 0.1) is 6.92 Å². The first kappa shape index (κ1) is 20.1. The molecule has 2 atom stereocenters. The summed E-state index contributed by atoms with van der Waals surface area (Å²) in [6.45, 7) is 3.34. The second-order valence-electron chi connectivity index (χ2n) is 7.71. The van der Waals surface area contributed by atoms with Crippen LogP contribution in [0.5, 0.6) is 17.2 Å². The molecule has 0 bridgehead atoms. The molecule has 3 aromatic rings. The predicted octanol–water partition coefficient (Wildman–Crippen LogP) is 3.97. The summed E-state index contributed by atoms with van der Waals surface area (Å²) in [5.74, 6) is 1.74. The number of para-hydroxylation sites is 2. The number of fused-ring (bicyclic) bond motifs is 2. The maximum atomic E-state index is 13.6. The number of anilines is 1. The molecule has 0 aliphatic carbocycles. The van der Waals surface area contributed by atoms with Crippen LogP contribution in [0.4, 0.5) is 5.13 Å². The van der Waals surface area contributed by atoms with E-state index < -0.39 is 6.10 Å². The zero-order valence-electron chi connectivity index (χ0n) is 17.5. The number of carbonyl (C=O) groups is 1. The van der Waals surface area contributed by atoms with E-state index in [4.69, 9.17) is 23.9 Å². The third-order valence-corrected chi connectivity index (χ3v) is 6.82. The van der Waals surface area contributed by atoms with E-state index in [-0.39, 0.29) is 18.6 Å². The average Bonchev–Trinajstić information content (AvgIpc) is 3.47. The van der Waals surface area contributed by atoms with E-state index in [1.807, 2.05) is 43.3 Å². The molecule has 5 rings (SSSR count). The van der Waals surface area contributed by atoms with Crippen LogP contribution in [-0.2, 0) is 9.53 Å². The van der Waals surface area contributed by atoms with E-state index in [1.54, 1.807) is 12.0 Å². The van der Waals surface area contributed by atoms with Crippen molar-refractivity contribution >= 4 is 32.6 Å². The maximum Gasteiger partial charge on any atom is 0.273 e. The number of thiazole rings is 1. The van der Waals surface area contributed by atoms with Crippen molar-refractivity contribution in [3.63, 3.8) is 0 Å². The third-order valence-electron chi connectivity index (χ3n) is 5.60. The normalized spacial score (nSPS) is 20.1. The number of amides is 1. The van der Waals surface area contributed by atoms with Crippen LogP contribution in [0.3, 0.4) is 0 Å². The van der Waals surface area contributed by atoms with Gasteiger partial charge in [0.25, 0.3) is 5.91 Å². The van der Waals surface area contributed by atoms with Gasteiger partial charge < -0.3 is 18.9 Å².